The van der Waals surface area contributed by atoms with Gasteiger partial charge >= 0.3 is 6.18 Å². The van der Waals surface area contributed by atoms with Crippen LogP contribution in [0, 0.1) is 16.8 Å². The summed E-state index contributed by atoms with van der Waals surface area (Å²) in [5.41, 5.74) is 3.36. The summed E-state index contributed by atoms with van der Waals surface area (Å²) in [6.45, 7) is 0. The lowest BCUT2D eigenvalue weighted by Gasteiger charge is -2.17. The van der Waals surface area contributed by atoms with Gasteiger partial charge in [-0.1, -0.05) is 18.2 Å². The van der Waals surface area contributed by atoms with Gasteiger partial charge in [-0.3, -0.25) is 0 Å². The number of nitrogen functional groups attached to an aromatic ring is 1. The minimum atomic E-state index is -4.54. The Kier molecular flexibility index (Phi) is 4.95. The maximum Gasteiger partial charge on any atom is 0.416 e. The van der Waals surface area contributed by atoms with Crippen molar-refractivity contribution in [3.05, 3.63) is 88.3 Å². The first-order chi connectivity index (χ1) is 13.1. The number of alkyl halides is 3. The van der Waals surface area contributed by atoms with Crippen molar-refractivity contribution in [3.63, 3.8) is 0 Å². The van der Waals surface area contributed by atoms with Crippen LogP contribution in [0.15, 0.2) is 54.7 Å². The average Bonchev–Trinajstić information content (AvgIpc) is 2.63. The topological polar surface area (TPSA) is 73.2 Å². The highest BCUT2D eigenvalue weighted by Crippen LogP contribution is 2.35. The predicted molar refractivity (Wildman–Crippen MR) is 90.7 cm³/mol. The first-order valence-electron chi connectivity index (χ1n) is 7.92. The molecule has 28 heavy (non-hydrogen) atoms. The Balaban J connectivity index is 2.09. The second-order valence-electron chi connectivity index (χ2n) is 5.98. The van der Waals surface area contributed by atoms with Gasteiger partial charge in [-0.05, 0) is 29.8 Å². The molecule has 146 valence electrons. The number of aliphatic hydroxyl groups is 1. The van der Waals surface area contributed by atoms with E-state index in [-0.39, 0.29) is 15.9 Å². The molecule has 3 rings (SSSR count). The van der Waals surface area contributed by atoms with Gasteiger partial charge in [0.25, 0.3) is 5.69 Å². The molecule has 0 spiro atoms. The minimum absolute atomic E-state index is 0.0586. The van der Waals surface area contributed by atoms with Crippen LogP contribution in [0.25, 0.3) is 11.3 Å². The molecule has 4 nitrogen and oxygen atoms in total. The van der Waals surface area contributed by atoms with Crippen molar-refractivity contribution < 1.29 is 31.8 Å². The van der Waals surface area contributed by atoms with Crippen molar-refractivity contribution >= 4 is 5.69 Å². The quantitative estimate of drug-likeness (QED) is 0.400. The second kappa shape index (κ2) is 7.08. The van der Waals surface area contributed by atoms with Crippen molar-refractivity contribution in [1.29, 1.82) is 0 Å². The van der Waals surface area contributed by atoms with Crippen molar-refractivity contribution in [2.75, 3.05) is 5.73 Å². The average molecular weight is 396 g/mol. The summed E-state index contributed by atoms with van der Waals surface area (Å²) in [6, 6.07) is 7.79. The van der Waals surface area contributed by atoms with E-state index >= 15 is 0 Å². The maximum atomic E-state index is 14.1. The molecule has 0 saturated carbocycles. The summed E-state index contributed by atoms with van der Waals surface area (Å²) in [5, 5.41) is 22.6. The fraction of sp³-hybridized carbons (Fsp3) is 0.105. The Morgan fingerprint density at radius 3 is 2.07 bits per heavy atom. The van der Waals surface area contributed by atoms with Crippen LogP contribution in [-0.2, 0) is 6.18 Å². The fourth-order valence-corrected chi connectivity index (χ4v) is 2.81. The molecule has 0 amide bonds. The Morgan fingerprint density at radius 1 is 0.964 bits per heavy atom. The molecule has 9 heteroatoms. The zero-order valence-corrected chi connectivity index (χ0v) is 14.0. The molecular formula is C19H13F5N2O2. The lowest BCUT2D eigenvalue weighted by Crippen LogP contribution is -2.31. The summed E-state index contributed by atoms with van der Waals surface area (Å²) in [7, 11) is 0. The molecule has 0 aliphatic carbocycles. The number of aromatic nitrogens is 1. The predicted octanol–water partition coefficient (Wildman–Crippen LogP) is 3.95. The van der Waals surface area contributed by atoms with E-state index in [2.05, 4.69) is 0 Å². The van der Waals surface area contributed by atoms with E-state index < -0.39 is 46.4 Å². The van der Waals surface area contributed by atoms with E-state index in [0.29, 0.717) is 0 Å². The number of halogens is 5. The molecule has 2 aromatic carbocycles. The number of nitrogens with two attached hydrogens (primary N) is 1. The normalized spacial score (nSPS) is 12.8. The van der Waals surface area contributed by atoms with Gasteiger partial charge in [-0.2, -0.15) is 17.9 Å². The van der Waals surface area contributed by atoms with E-state index in [9.17, 15) is 32.3 Å². The number of anilines is 1. The van der Waals surface area contributed by atoms with E-state index in [0.717, 1.165) is 54.7 Å². The lowest BCUT2D eigenvalue weighted by atomic mass is 9.97. The summed E-state index contributed by atoms with van der Waals surface area (Å²) in [6.07, 6.45) is -5.16. The summed E-state index contributed by atoms with van der Waals surface area (Å²) >= 11 is 0. The number of nitrogens with zero attached hydrogens (tertiary/aromatic N) is 1. The number of benzene rings is 2. The third kappa shape index (κ3) is 3.48. The molecule has 1 heterocycles. The molecule has 0 fully saturated rings. The van der Waals surface area contributed by atoms with Gasteiger partial charge in [0, 0.05) is 11.6 Å². The smallest absolute Gasteiger partial charge is 0.416 e. The molecular weight excluding hydrogens is 383 g/mol. The van der Waals surface area contributed by atoms with Crippen LogP contribution in [0.4, 0.5) is 27.6 Å². The Bertz CT molecular complexity index is 1000. The Hall–Kier alpha value is -3.20. The van der Waals surface area contributed by atoms with Crippen LogP contribution in [0.5, 0.6) is 0 Å². The SMILES string of the molecule is Nc1c(C(O)c2ccc(C(F)(F)F)cc2)cc[n+]([O-])c1-c1c(F)cccc1F. The van der Waals surface area contributed by atoms with Gasteiger partial charge in [0.2, 0.25) is 0 Å². The standard InChI is InChI=1S/C19H13F5N2O2/c20-13-2-1-3-14(21)15(13)17-16(25)12(8-9-26(17)28)18(27)10-4-6-11(7-5-10)19(22,23)24/h1-9,18,27H,25H2. The molecule has 3 N–H and O–H groups in total. The number of rotatable bonds is 3. The van der Waals surface area contributed by atoms with E-state index in [1.165, 1.54) is 0 Å². The lowest BCUT2D eigenvalue weighted by molar-refractivity contribution is -0.593. The highest BCUT2D eigenvalue weighted by Gasteiger charge is 2.31. The van der Waals surface area contributed by atoms with E-state index in [1.807, 2.05) is 0 Å². The Labute approximate surface area is 155 Å². The zero-order chi connectivity index (χ0) is 20.6. The third-order valence-electron chi connectivity index (χ3n) is 4.22. The van der Waals surface area contributed by atoms with Crippen LogP contribution in [0.2, 0.25) is 0 Å². The molecule has 0 bridgehead atoms. The van der Waals surface area contributed by atoms with Gasteiger partial charge < -0.3 is 16.0 Å². The number of pyridine rings is 1. The van der Waals surface area contributed by atoms with Gasteiger partial charge in [0.15, 0.2) is 6.20 Å². The highest BCUT2D eigenvalue weighted by atomic mass is 19.4. The van der Waals surface area contributed by atoms with Gasteiger partial charge in [0.1, 0.15) is 29.0 Å². The van der Waals surface area contributed by atoms with Crippen LogP contribution in [0.3, 0.4) is 0 Å². The maximum absolute atomic E-state index is 14.1. The monoisotopic (exact) mass is 396 g/mol. The molecule has 0 radical (unpaired) electrons. The van der Waals surface area contributed by atoms with Crippen molar-refractivity contribution in [2.24, 2.45) is 0 Å². The molecule has 3 aromatic rings. The molecule has 0 aliphatic rings. The van der Waals surface area contributed by atoms with Crippen LogP contribution < -0.4 is 10.5 Å². The second-order valence-corrected chi connectivity index (χ2v) is 5.98. The zero-order valence-electron chi connectivity index (χ0n) is 14.0. The van der Waals surface area contributed by atoms with Crippen LogP contribution >= 0.6 is 0 Å². The Morgan fingerprint density at radius 2 is 1.54 bits per heavy atom. The minimum Gasteiger partial charge on any atom is -0.618 e. The van der Waals surface area contributed by atoms with Gasteiger partial charge in [0.05, 0.1) is 5.56 Å². The largest absolute Gasteiger partial charge is 0.618 e. The number of hydrogen-bond donors (Lipinski definition) is 2. The fourth-order valence-electron chi connectivity index (χ4n) is 2.81. The summed E-state index contributed by atoms with van der Waals surface area (Å²) in [5.74, 6) is -2.06. The molecule has 0 aliphatic heterocycles. The summed E-state index contributed by atoms with van der Waals surface area (Å²) in [4.78, 5) is 0. The van der Waals surface area contributed by atoms with Crippen molar-refractivity contribution in [1.82, 2.24) is 0 Å². The highest BCUT2D eigenvalue weighted by molar-refractivity contribution is 5.74. The molecule has 0 saturated heterocycles. The van der Waals surface area contributed by atoms with Crippen LogP contribution in [-0.4, -0.2) is 5.11 Å². The van der Waals surface area contributed by atoms with Crippen molar-refractivity contribution in [2.45, 2.75) is 12.3 Å². The molecule has 1 atom stereocenters. The third-order valence-corrected chi connectivity index (χ3v) is 4.22. The van der Waals surface area contributed by atoms with Crippen LogP contribution in [0.1, 0.15) is 22.8 Å². The number of aliphatic hydroxyl groups excluding tert-OH is 1. The van der Waals surface area contributed by atoms with Gasteiger partial charge in [-0.25, -0.2) is 8.78 Å². The first kappa shape index (κ1) is 19.6. The molecule has 1 unspecified atom stereocenters. The van der Waals surface area contributed by atoms with Gasteiger partial charge in [-0.15, -0.1) is 0 Å². The van der Waals surface area contributed by atoms with E-state index in [4.69, 9.17) is 5.73 Å². The number of hydrogen-bond acceptors (Lipinski definition) is 3. The molecule has 1 aromatic heterocycles. The summed E-state index contributed by atoms with van der Waals surface area (Å²) < 4.78 is 66.4. The van der Waals surface area contributed by atoms with Crippen molar-refractivity contribution in [3.8, 4) is 11.3 Å². The first-order valence-corrected chi connectivity index (χ1v) is 7.92. The van der Waals surface area contributed by atoms with E-state index in [1.54, 1.807) is 0 Å².